The van der Waals surface area contributed by atoms with Gasteiger partial charge in [-0.1, -0.05) is 6.07 Å². The fourth-order valence-corrected chi connectivity index (χ4v) is 5.72. The number of ether oxygens (including phenoxy) is 1. The number of aromatic amines is 1. The highest BCUT2D eigenvalue weighted by Gasteiger charge is 2.60. The van der Waals surface area contributed by atoms with Gasteiger partial charge in [-0.25, -0.2) is 9.97 Å². The van der Waals surface area contributed by atoms with Crippen molar-refractivity contribution in [2.24, 2.45) is 0 Å². The van der Waals surface area contributed by atoms with E-state index in [2.05, 4.69) is 20.2 Å². The zero-order chi connectivity index (χ0) is 25.1. The second kappa shape index (κ2) is 8.17. The molecule has 6 rings (SSSR count). The second-order valence-electron chi connectivity index (χ2n) is 9.65. The molecule has 36 heavy (non-hydrogen) atoms. The van der Waals surface area contributed by atoms with E-state index in [0.717, 1.165) is 5.52 Å². The molecule has 12 heteroatoms. The van der Waals surface area contributed by atoms with Crippen molar-refractivity contribution in [1.29, 1.82) is 0 Å². The molecule has 1 spiro atoms. The van der Waals surface area contributed by atoms with Gasteiger partial charge in [0.15, 0.2) is 0 Å². The number of H-pyrrole nitrogens is 1. The summed E-state index contributed by atoms with van der Waals surface area (Å²) in [7, 11) is 0. The normalized spacial score (nSPS) is 25.5. The summed E-state index contributed by atoms with van der Waals surface area (Å²) < 4.78 is 45.0. The standard InChI is InChI=1S/C24H23F3N6O3/c25-24(26,27)9-14-3-2-8-32(14)20(34)13-33-21-16(4-1-7-28-21)23(22(33)35)10-15(11-23)36-19-6-5-17-18(30-19)12-29-31-17/h1,4-7,12,14-15H,2-3,8-11,13H2,(H,29,31)/t14-,15?,23?/m1/s1. The summed E-state index contributed by atoms with van der Waals surface area (Å²) in [5.41, 5.74) is 1.30. The Morgan fingerprint density at radius 2 is 2.08 bits per heavy atom. The van der Waals surface area contributed by atoms with Gasteiger partial charge in [0.2, 0.25) is 17.7 Å². The molecule has 3 aromatic rings. The molecule has 9 nitrogen and oxygen atoms in total. The third-order valence-electron chi connectivity index (χ3n) is 7.38. The predicted molar refractivity (Wildman–Crippen MR) is 121 cm³/mol. The largest absolute Gasteiger partial charge is 0.474 e. The van der Waals surface area contributed by atoms with Crippen LogP contribution in [0.15, 0.2) is 36.7 Å². The van der Waals surface area contributed by atoms with Gasteiger partial charge in [0, 0.05) is 43.3 Å². The maximum atomic E-state index is 13.6. The number of aromatic nitrogens is 4. The molecule has 2 fully saturated rings. The van der Waals surface area contributed by atoms with Crippen molar-refractivity contribution < 1.29 is 27.5 Å². The van der Waals surface area contributed by atoms with Crippen LogP contribution >= 0.6 is 0 Å². The Labute approximate surface area is 203 Å². The average Bonchev–Trinajstić information content (AvgIpc) is 3.51. The SMILES string of the molecule is O=C(CN1C(=O)C2(CC(Oc3ccc4[nH]ncc4n3)C2)c2cccnc21)N1CCC[C@@H]1CC(F)(F)F. The Bertz CT molecular complexity index is 1340. The lowest BCUT2D eigenvalue weighted by Crippen LogP contribution is -2.55. The number of hydrogen-bond acceptors (Lipinski definition) is 6. The minimum atomic E-state index is -4.35. The Balaban J connectivity index is 1.18. The van der Waals surface area contributed by atoms with Crippen LogP contribution in [0, 0.1) is 0 Å². The molecule has 188 valence electrons. The fourth-order valence-electron chi connectivity index (χ4n) is 5.72. The first-order chi connectivity index (χ1) is 17.2. The topological polar surface area (TPSA) is 104 Å². The number of rotatable bonds is 5. The minimum Gasteiger partial charge on any atom is -0.474 e. The highest BCUT2D eigenvalue weighted by atomic mass is 19.4. The quantitative estimate of drug-likeness (QED) is 0.577. The van der Waals surface area contributed by atoms with E-state index in [4.69, 9.17) is 4.74 Å². The number of amides is 2. The average molecular weight is 500 g/mol. The molecule has 3 aromatic heterocycles. The molecular weight excluding hydrogens is 477 g/mol. The van der Waals surface area contributed by atoms with Gasteiger partial charge in [0.1, 0.15) is 24.0 Å². The number of alkyl halides is 3. The molecule has 1 N–H and O–H groups in total. The summed E-state index contributed by atoms with van der Waals surface area (Å²) in [5.74, 6) is 0.0545. The Kier molecular flexibility index (Phi) is 5.16. The lowest BCUT2D eigenvalue weighted by Gasteiger charge is -2.43. The number of anilines is 1. The molecule has 3 aliphatic rings. The van der Waals surface area contributed by atoms with Crippen molar-refractivity contribution in [2.45, 2.75) is 55.8 Å². The van der Waals surface area contributed by atoms with Gasteiger partial charge < -0.3 is 9.64 Å². The van der Waals surface area contributed by atoms with E-state index < -0.39 is 30.0 Å². The number of pyridine rings is 2. The van der Waals surface area contributed by atoms with Crippen molar-refractivity contribution in [3.63, 3.8) is 0 Å². The monoisotopic (exact) mass is 500 g/mol. The number of hydrogen-bond donors (Lipinski definition) is 1. The predicted octanol–water partition coefficient (Wildman–Crippen LogP) is 3.12. The second-order valence-corrected chi connectivity index (χ2v) is 9.65. The van der Waals surface area contributed by atoms with Crippen LogP contribution in [0.4, 0.5) is 19.0 Å². The molecule has 0 radical (unpaired) electrons. The first-order valence-corrected chi connectivity index (χ1v) is 11.8. The van der Waals surface area contributed by atoms with Crippen molar-refractivity contribution in [1.82, 2.24) is 25.1 Å². The molecule has 1 saturated heterocycles. The van der Waals surface area contributed by atoms with E-state index in [1.807, 2.05) is 12.1 Å². The Morgan fingerprint density at radius 3 is 2.89 bits per heavy atom. The van der Waals surface area contributed by atoms with Gasteiger partial charge in [-0.3, -0.25) is 19.6 Å². The number of likely N-dealkylation sites (tertiary alicyclic amines) is 1. The van der Waals surface area contributed by atoms with Crippen molar-refractivity contribution >= 4 is 28.7 Å². The lowest BCUT2D eigenvalue weighted by molar-refractivity contribution is -0.151. The molecule has 2 amide bonds. The van der Waals surface area contributed by atoms with Gasteiger partial charge in [-0.15, -0.1) is 0 Å². The van der Waals surface area contributed by atoms with Crippen molar-refractivity contribution in [3.05, 3.63) is 42.2 Å². The third-order valence-corrected chi connectivity index (χ3v) is 7.38. The maximum Gasteiger partial charge on any atom is 0.391 e. The number of carbonyl (C=O) groups is 2. The van der Waals surface area contributed by atoms with Crippen LogP contribution in [0.2, 0.25) is 0 Å². The molecule has 1 atom stereocenters. The lowest BCUT2D eigenvalue weighted by atomic mass is 9.63. The van der Waals surface area contributed by atoms with E-state index in [1.54, 1.807) is 24.5 Å². The van der Waals surface area contributed by atoms with Crippen LogP contribution in [-0.2, 0) is 15.0 Å². The number of nitrogens with zero attached hydrogens (tertiary/aromatic N) is 5. The first kappa shape index (κ1) is 22.7. The molecule has 1 saturated carbocycles. The summed E-state index contributed by atoms with van der Waals surface area (Å²) in [6.07, 6.45) is -0.919. The van der Waals surface area contributed by atoms with Crippen LogP contribution in [0.1, 0.15) is 37.7 Å². The zero-order valence-electron chi connectivity index (χ0n) is 19.2. The summed E-state index contributed by atoms with van der Waals surface area (Å²) >= 11 is 0. The van der Waals surface area contributed by atoms with Crippen LogP contribution in [0.25, 0.3) is 11.0 Å². The van der Waals surface area contributed by atoms with Gasteiger partial charge in [-0.05, 0) is 25.0 Å². The van der Waals surface area contributed by atoms with Gasteiger partial charge in [0.05, 0.1) is 23.5 Å². The fraction of sp³-hybridized carbons (Fsp3) is 0.458. The number of fused-ring (bicyclic) bond motifs is 3. The zero-order valence-corrected chi connectivity index (χ0v) is 19.2. The van der Waals surface area contributed by atoms with E-state index >= 15 is 0 Å². The maximum absolute atomic E-state index is 13.6. The summed E-state index contributed by atoms with van der Waals surface area (Å²) in [5, 5.41) is 6.77. The molecule has 5 heterocycles. The molecular formula is C24H23F3N6O3. The van der Waals surface area contributed by atoms with Gasteiger partial charge in [0.25, 0.3) is 0 Å². The summed E-state index contributed by atoms with van der Waals surface area (Å²) in [4.78, 5) is 38.0. The highest BCUT2D eigenvalue weighted by molar-refractivity contribution is 6.10. The van der Waals surface area contributed by atoms with Gasteiger partial charge in [-0.2, -0.15) is 18.3 Å². The summed E-state index contributed by atoms with van der Waals surface area (Å²) in [6, 6.07) is 6.21. The minimum absolute atomic E-state index is 0.256. The Morgan fingerprint density at radius 1 is 1.25 bits per heavy atom. The number of nitrogens with one attached hydrogen (secondary N) is 1. The van der Waals surface area contributed by atoms with E-state index in [0.29, 0.717) is 48.5 Å². The highest BCUT2D eigenvalue weighted by Crippen LogP contribution is 2.53. The van der Waals surface area contributed by atoms with Crippen LogP contribution in [0.5, 0.6) is 5.88 Å². The Hall–Kier alpha value is -3.70. The van der Waals surface area contributed by atoms with Crippen LogP contribution < -0.4 is 9.64 Å². The number of halogens is 3. The number of carbonyl (C=O) groups excluding carboxylic acids is 2. The van der Waals surface area contributed by atoms with Crippen molar-refractivity contribution in [3.8, 4) is 5.88 Å². The summed E-state index contributed by atoms with van der Waals surface area (Å²) in [6.45, 7) is -0.0745. The van der Waals surface area contributed by atoms with E-state index in [9.17, 15) is 22.8 Å². The molecule has 2 aliphatic heterocycles. The molecule has 0 aromatic carbocycles. The molecule has 0 bridgehead atoms. The van der Waals surface area contributed by atoms with E-state index in [-0.39, 0.29) is 25.1 Å². The molecule has 0 unspecified atom stereocenters. The smallest absolute Gasteiger partial charge is 0.391 e. The van der Waals surface area contributed by atoms with E-state index in [1.165, 1.54) is 9.80 Å². The van der Waals surface area contributed by atoms with Crippen LogP contribution in [0.3, 0.4) is 0 Å². The van der Waals surface area contributed by atoms with Gasteiger partial charge >= 0.3 is 6.18 Å². The first-order valence-electron chi connectivity index (χ1n) is 11.8. The van der Waals surface area contributed by atoms with Crippen molar-refractivity contribution in [2.75, 3.05) is 18.0 Å². The van der Waals surface area contributed by atoms with Crippen LogP contribution in [-0.4, -0.2) is 68.3 Å². The third kappa shape index (κ3) is 3.75. The molecule has 1 aliphatic carbocycles.